The second kappa shape index (κ2) is 7.08. The van der Waals surface area contributed by atoms with Crippen molar-refractivity contribution in [3.8, 4) is 11.6 Å². The predicted molar refractivity (Wildman–Crippen MR) is 148 cm³/mol. The lowest BCUT2D eigenvalue weighted by molar-refractivity contribution is 0.641. The van der Waals surface area contributed by atoms with Crippen LogP contribution in [0.2, 0.25) is 0 Å². The van der Waals surface area contributed by atoms with Gasteiger partial charge in [-0.05, 0) is 48.5 Å². The van der Waals surface area contributed by atoms with Crippen LogP contribution in [0.1, 0.15) is 0 Å². The van der Waals surface area contributed by atoms with Crippen molar-refractivity contribution in [2.24, 2.45) is 0 Å². The Hall–Kier alpha value is -5.43. The summed E-state index contributed by atoms with van der Waals surface area (Å²) in [6.45, 7) is 0. The molecule has 0 bridgehead atoms. The molecule has 0 atom stereocenters. The van der Waals surface area contributed by atoms with Crippen LogP contribution in [-0.2, 0) is 0 Å². The molecule has 0 aliphatic heterocycles. The Balaban J connectivity index is 1.37. The van der Waals surface area contributed by atoms with E-state index in [-0.39, 0.29) is 0 Å². The fourth-order valence-electron chi connectivity index (χ4n) is 5.71. The first kappa shape index (κ1) is 19.7. The maximum absolute atomic E-state index is 6.38. The highest BCUT2D eigenvalue weighted by Crippen LogP contribution is 2.39. The number of fused-ring (bicyclic) bond motifs is 10. The van der Waals surface area contributed by atoms with Gasteiger partial charge in [0.25, 0.3) is 0 Å². The maximum Gasteiger partial charge on any atom is 0.216 e. The Labute approximate surface area is 214 Å². The summed E-state index contributed by atoms with van der Waals surface area (Å²) in [6, 6.07) is 30.1. The number of pyridine rings is 3. The minimum Gasteiger partial charge on any atom is -0.439 e. The molecular formula is C31H17N5O2. The van der Waals surface area contributed by atoms with Gasteiger partial charge in [-0.25, -0.2) is 4.98 Å². The molecule has 0 fully saturated rings. The van der Waals surface area contributed by atoms with Crippen molar-refractivity contribution >= 4 is 66.2 Å². The van der Waals surface area contributed by atoms with Crippen molar-refractivity contribution in [3.05, 3.63) is 103 Å². The van der Waals surface area contributed by atoms with E-state index in [4.69, 9.17) is 23.8 Å². The van der Waals surface area contributed by atoms with Crippen molar-refractivity contribution in [1.82, 2.24) is 24.1 Å². The molecule has 7 heterocycles. The molecule has 0 amide bonds. The number of benzene rings is 2. The Morgan fingerprint density at radius 1 is 0.500 bits per heavy atom. The van der Waals surface area contributed by atoms with Gasteiger partial charge in [-0.1, -0.05) is 42.5 Å². The van der Waals surface area contributed by atoms with E-state index in [1.807, 2.05) is 100 Å². The summed E-state index contributed by atoms with van der Waals surface area (Å²) in [6.07, 6.45) is 3.63. The van der Waals surface area contributed by atoms with Gasteiger partial charge in [-0.15, -0.1) is 0 Å². The molecular weight excluding hydrogens is 474 g/mol. The smallest absolute Gasteiger partial charge is 0.216 e. The van der Waals surface area contributed by atoms with Crippen molar-refractivity contribution in [2.45, 2.75) is 0 Å². The molecule has 0 saturated carbocycles. The van der Waals surface area contributed by atoms with E-state index in [0.29, 0.717) is 0 Å². The molecule has 2 aromatic carbocycles. The summed E-state index contributed by atoms with van der Waals surface area (Å²) in [5.41, 5.74) is 6.72. The first-order valence-corrected chi connectivity index (χ1v) is 12.4. The van der Waals surface area contributed by atoms with Crippen molar-refractivity contribution in [1.29, 1.82) is 0 Å². The molecule has 9 rings (SSSR count). The van der Waals surface area contributed by atoms with Crippen LogP contribution in [-0.4, -0.2) is 24.1 Å². The molecule has 7 aromatic heterocycles. The van der Waals surface area contributed by atoms with Gasteiger partial charge in [-0.3, -0.25) is 19.1 Å². The van der Waals surface area contributed by atoms with Crippen LogP contribution in [0.4, 0.5) is 0 Å². The predicted octanol–water partition coefficient (Wildman–Crippen LogP) is 7.56. The van der Waals surface area contributed by atoms with Gasteiger partial charge < -0.3 is 8.83 Å². The summed E-state index contributed by atoms with van der Waals surface area (Å²) in [5.74, 6) is 1.45. The fraction of sp³-hybridized carbons (Fsp3) is 0. The molecule has 0 N–H and O–H groups in total. The van der Waals surface area contributed by atoms with Crippen LogP contribution in [0.15, 0.2) is 112 Å². The lowest BCUT2D eigenvalue weighted by Crippen LogP contribution is -2.02. The molecule has 178 valence electrons. The highest BCUT2D eigenvalue weighted by Gasteiger charge is 2.23. The lowest BCUT2D eigenvalue weighted by atomic mass is 10.2. The number of furan rings is 2. The first-order chi connectivity index (χ1) is 18.9. The third-order valence-electron chi connectivity index (χ3n) is 7.27. The Kier molecular flexibility index (Phi) is 3.67. The molecule has 0 aliphatic rings. The zero-order valence-electron chi connectivity index (χ0n) is 19.9. The Morgan fingerprint density at radius 3 is 1.53 bits per heavy atom. The zero-order chi connectivity index (χ0) is 24.8. The first-order valence-electron chi connectivity index (χ1n) is 12.4. The van der Waals surface area contributed by atoms with Gasteiger partial charge in [0.2, 0.25) is 11.4 Å². The third kappa shape index (κ3) is 2.44. The largest absolute Gasteiger partial charge is 0.439 e. The van der Waals surface area contributed by atoms with Crippen molar-refractivity contribution in [2.75, 3.05) is 0 Å². The van der Waals surface area contributed by atoms with Crippen LogP contribution in [0.3, 0.4) is 0 Å². The number of para-hydroxylation sites is 2. The quantitative estimate of drug-likeness (QED) is 0.249. The van der Waals surface area contributed by atoms with Gasteiger partial charge in [0.05, 0.1) is 21.8 Å². The number of aromatic nitrogens is 5. The second-order valence-electron chi connectivity index (χ2n) is 9.32. The van der Waals surface area contributed by atoms with E-state index in [0.717, 1.165) is 77.8 Å². The maximum atomic E-state index is 6.38. The molecule has 7 heteroatoms. The monoisotopic (exact) mass is 491 g/mol. The normalized spacial score (nSPS) is 12.2. The van der Waals surface area contributed by atoms with E-state index < -0.39 is 0 Å². The average molecular weight is 492 g/mol. The van der Waals surface area contributed by atoms with E-state index in [9.17, 15) is 0 Å². The second-order valence-corrected chi connectivity index (χ2v) is 9.32. The summed E-state index contributed by atoms with van der Waals surface area (Å²) in [7, 11) is 0. The SMILES string of the molecule is c1cc(-n2c3cccnc3c3c4ccccc4oc32)nc(-n2c3cccnc3c3c4ccccc4oc32)c1. The number of nitrogens with zero attached hydrogens (tertiary/aromatic N) is 5. The molecule has 9 aromatic rings. The van der Waals surface area contributed by atoms with E-state index in [1.54, 1.807) is 0 Å². The fourth-order valence-corrected chi connectivity index (χ4v) is 5.71. The number of hydrogen-bond acceptors (Lipinski definition) is 5. The van der Waals surface area contributed by atoms with E-state index in [1.165, 1.54) is 0 Å². The highest BCUT2D eigenvalue weighted by molar-refractivity contribution is 6.19. The average Bonchev–Trinajstić information content (AvgIpc) is 3.69. The van der Waals surface area contributed by atoms with Crippen LogP contribution in [0.5, 0.6) is 0 Å². The summed E-state index contributed by atoms with van der Waals surface area (Å²) in [4.78, 5) is 14.6. The van der Waals surface area contributed by atoms with Crippen LogP contribution < -0.4 is 0 Å². The zero-order valence-corrected chi connectivity index (χ0v) is 19.9. The summed E-state index contributed by atoms with van der Waals surface area (Å²) in [5, 5.41) is 4.04. The molecule has 0 saturated heterocycles. The topological polar surface area (TPSA) is 74.8 Å². The Bertz CT molecular complexity index is 2210. The standard InChI is InChI=1S/C31H17N5O2/c1-3-12-22-18(8-1)26-28-20(10-6-16-32-28)35(30(26)37-22)24-14-5-15-25(34-24)36-21-11-7-17-33-29(21)27-19-9-2-4-13-23(19)38-31(27)36/h1-17H. The summed E-state index contributed by atoms with van der Waals surface area (Å²) >= 11 is 0. The molecule has 0 aliphatic carbocycles. The Morgan fingerprint density at radius 2 is 1.00 bits per heavy atom. The minimum atomic E-state index is 0.720. The van der Waals surface area contributed by atoms with Crippen LogP contribution in [0, 0.1) is 0 Å². The molecule has 0 radical (unpaired) electrons. The molecule has 0 spiro atoms. The van der Waals surface area contributed by atoms with Gasteiger partial charge in [0, 0.05) is 23.2 Å². The van der Waals surface area contributed by atoms with Crippen molar-refractivity contribution < 1.29 is 8.83 Å². The minimum absolute atomic E-state index is 0.720. The van der Waals surface area contributed by atoms with Gasteiger partial charge in [-0.2, -0.15) is 0 Å². The van der Waals surface area contributed by atoms with Crippen molar-refractivity contribution in [3.63, 3.8) is 0 Å². The molecule has 0 unspecified atom stereocenters. The third-order valence-corrected chi connectivity index (χ3v) is 7.27. The van der Waals surface area contributed by atoms with Gasteiger partial charge in [0.15, 0.2) is 0 Å². The number of hydrogen-bond donors (Lipinski definition) is 0. The van der Waals surface area contributed by atoms with Gasteiger partial charge in [0.1, 0.15) is 33.8 Å². The number of rotatable bonds is 2. The molecule has 38 heavy (non-hydrogen) atoms. The van der Waals surface area contributed by atoms with Crippen LogP contribution >= 0.6 is 0 Å². The molecule has 7 nitrogen and oxygen atoms in total. The highest BCUT2D eigenvalue weighted by atomic mass is 16.3. The van der Waals surface area contributed by atoms with Crippen LogP contribution in [0.25, 0.3) is 77.8 Å². The van der Waals surface area contributed by atoms with E-state index >= 15 is 0 Å². The summed E-state index contributed by atoms with van der Waals surface area (Å²) < 4.78 is 16.8. The lowest BCUT2D eigenvalue weighted by Gasteiger charge is -2.09. The van der Waals surface area contributed by atoms with Gasteiger partial charge >= 0.3 is 0 Å². The van der Waals surface area contributed by atoms with E-state index in [2.05, 4.69) is 12.1 Å².